The van der Waals surface area contributed by atoms with E-state index in [1.165, 1.54) is 72.5 Å². The predicted molar refractivity (Wildman–Crippen MR) is 158 cm³/mol. The van der Waals surface area contributed by atoms with Crippen LogP contribution in [0.3, 0.4) is 0 Å². The summed E-state index contributed by atoms with van der Waals surface area (Å²) in [5.41, 5.74) is 20.1. The van der Waals surface area contributed by atoms with Crippen LogP contribution >= 0.6 is 0 Å². The highest BCUT2D eigenvalue weighted by molar-refractivity contribution is 6.47. The van der Waals surface area contributed by atoms with Gasteiger partial charge in [0.2, 0.25) is 0 Å². The Balaban J connectivity index is 1.18. The van der Waals surface area contributed by atoms with Gasteiger partial charge >= 0.3 is 0 Å². The first-order valence-corrected chi connectivity index (χ1v) is 13.8. The van der Waals surface area contributed by atoms with Crippen molar-refractivity contribution in [1.29, 1.82) is 0 Å². The number of hydrogen-bond acceptors (Lipinski definition) is 2. The van der Waals surface area contributed by atoms with Gasteiger partial charge in [-0.2, -0.15) is 0 Å². The third-order valence-electron chi connectivity index (χ3n) is 9.48. The first-order valence-electron chi connectivity index (χ1n) is 13.8. The summed E-state index contributed by atoms with van der Waals surface area (Å²) in [4.78, 5) is 10.5. The summed E-state index contributed by atoms with van der Waals surface area (Å²) in [6, 6.07) is 26.4. The van der Waals surface area contributed by atoms with Gasteiger partial charge in [-0.1, -0.05) is 97.1 Å². The maximum absolute atomic E-state index is 5.35. The Hall–Kier alpha value is -4.82. The Morgan fingerprint density at radius 3 is 2.23 bits per heavy atom. The zero-order valence-electron chi connectivity index (χ0n) is 21.2. The topological polar surface area (TPSA) is 24.7 Å². The third kappa shape index (κ3) is 2.27. The van der Waals surface area contributed by atoms with E-state index < -0.39 is 0 Å². The van der Waals surface area contributed by atoms with Crippen molar-refractivity contribution >= 4 is 22.7 Å². The van der Waals surface area contributed by atoms with E-state index in [0.29, 0.717) is 0 Å². The first kappa shape index (κ1) is 20.2. The maximum Gasteiger partial charge on any atom is 0.0807 e. The number of aliphatic imine (C=N–C) groups is 2. The van der Waals surface area contributed by atoms with E-state index in [2.05, 4.69) is 109 Å². The van der Waals surface area contributed by atoms with Crippen molar-refractivity contribution in [2.24, 2.45) is 9.98 Å². The molecule has 3 aromatic rings. The molecule has 0 aromatic heterocycles. The lowest BCUT2D eigenvalue weighted by Crippen LogP contribution is -2.27. The minimum Gasteiger partial charge on any atom is -0.251 e. The van der Waals surface area contributed by atoms with Crippen molar-refractivity contribution < 1.29 is 0 Å². The van der Waals surface area contributed by atoms with Gasteiger partial charge in [0, 0.05) is 28.7 Å². The van der Waals surface area contributed by atoms with E-state index >= 15 is 0 Å². The van der Waals surface area contributed by atoms with Crippen LogP contribution in [0.2, 0.25) is 0 Å². The fourth-order valence-corrected chi connectivity index (χ4v) is 7.94. The van der Waals surface area contributed by atoms with Crippen LogP contribution < -0.4 is 0 Å². The molecule has 0 N–H and O–H groups in total. The Labute approximate surface area is 226 Å². The van der Waals surface area contributed by atoms with Gasteiger partial charge in [0.1, 0.15) is 0 Å². The molecule has 39 heavy (non-hydrogen) atoms. The van der Waals surface area contributed by atoms with Crippen LogP contribution in [0.1, 0.15) is 29.5 Å². The van der Waals surface area contributed by atoms with Gasteiger partial charge in [0.15, 0.2) is 0 Å². The smallest absolute Gasteiger partial charge is 0.0807 e. The standard InChI is InChI=1S/C37H22N2/c1-4-12-28-22(8-1)23-9-2-5-13-29(23)37(28)19-7-11-26-30(37)20-21-15-16-27-34-32(39-36(27)33(21)26)18-17-25-24-10-3-6-14-31(24)38-35(25)34/h1-15,17,19-20H,16,18H2. The van der Waals surface area contributed by atoms with Crippen molar-refractivity contribution in [2.45, 2.75) is 18.3 Å². The molecule has 2 heterocycles. The summed E-state index contributed by atoms with van der Waals surface area (Å²) in [6.07, 6.45) is 16.0. The zero-order valence-corrected chi connectivity index (χ0v) is 21.2. The van der Waals surface area contributed by atoms with Crippen molar-refractivity contribution in [1.82, 2.24) is 0 Å². The van der Waals surface area contributed by atoms with Crippen LogP contribution in [-0.4, -0.2) is 11.4 Å². The molecule has 2 nitrogen and oxygen atoms in total. The molecule has 0 atom stereocenters. The Kier molecular flexibility index (Phi) is 3.51. The summed E-state index contributed by atoms with van der Waals surface area (Å²) >= 11 is 0. The van der Waals surface area contributed by atoms with Crippen molar-refractivity contribution in [3.8, 4) is 11.1 Å². The van der Waals surface area contributed by atoms with E-state index in [-0.39, 0.29) is 5.41 Å². The van der Waals surface area contributed by atoms with Gasteiger partial charge in [0.25, 0.3) is 0 Å². The number of para-hydroxylation sites is 1. The number of nitrogens with zero attached hydrogens (tertiary/aromatic N) is 2. The molecular formula is C37H22N2. The molecule has 1 spiro atoms. The molecule has 0 unspecified atom stereocenters. The molecule has 0 saturated carbocycles. The molecule has 0 saturated heterocycles. The second-order valence-corrected chi connectivity index (χ2v) is 11.2. The maximum atomic E-state index is 5.35. The van der Waals surface area contributed by atoms with Crippen LogP contribution in [-0.2, 0) is 5.41 Å². The summed E-state index contributed by atoms with van der Waals surface area (Å²) in [7, 11) is 0. The molecule has 2 aliphatic heterocycles. The molecule has 3 aromatic carbocycles. The molecule has 0 radical (unpaired) electrons. The molecule has 5 aliphatic carbocycles. The van der Waals surface area contributed by atoms with Gasteiger partial charge < -0.3 is 0 Å². The Bertz CT molecular complexity index is 2000. The van der Waals surface area contributed by atoms with Crippen molar-refractivity contribution in [3.05, 3.63) is 165 Å². The Morgan fingerprint density at radius 2 is 1.41 bits per heavy atom. The van der Waals surface area contributed by atoms with E-state index in [9.17, 15) is 0 Å². The van der Waals surface area contributed by atoms with E-state index in [1.807, 2.05) is 0 Å². The van der Waals surface area contributed by atoms with Gasteiger partial charge in [-0.25, -0.2) is 4.99 Å². The number of fused-ring (bicyclic) bond motifs is 15. The predicted octanol–water partition coefficient (Wildman–Crippen LogP) is 8.30. The second kappa shape index (κ2) is 6.78. The second-order valence-electron chi connectivity index (χ2n) is 11.2. The average molecular weight is 495 g/mol. The minimum atomic E-state index is -0.277. The molecule has 0 amide bonds. The highest BCUT2D eigenvalue weighted by Crippen LogP contribution is 2.61. The summed E-state index contributed by atoms with van der Waals surface area (Å²) in [5.74, 6) is 0. The van der Waals surface area contributed by atoms with Crippen LogP contribution in [0.5, 0.6) is 0 Å². The fraction of sp³-hybridized carbons (Fsp3) is 0.0811. The normalized spacial score (nSPS) is 21.4. The first-order chi connectivity index (χ1) is 19.3. The number of benzene rings is 3. The van der Waals surface area contributed by atoms with Gasteiger partial charge in [-0.15, -0.1) is 0 Å². The zero-order chi connectivity index (χ0) is 25.3. The lowest BCUT2D eigenvalue weighted by atomic mass is 9.68. The lowest BCUT2D eigenvalue weighted by Gasteiger charge is -2.34. The summed E-state index contributed by atoms with van der Waals surface area (Å²) in [5, 5.41) is 0. The molecular weight excluding hydrogens is 472 g/mol. The van der Waals surface area contributed by atoms with Gasteiger partial charge in [-0.05, 0) is 63.1 Å². The van der Waals surface area contributed by atoms with Crippen LogP contribution in [0.4, 0.5) is 5.69 Å². The monoisotopic (exact) mass is 494 g/mol. The van der Waals surface area contributed by atoms with E-state index in [1.54, 1.807) is 0 Å². The van der Waals surface area contributed by atoms with E-state index in [0.717, 1.165) is 29.9 Å². The van der Waals surface area contributed by atoms with Crippen LogP contribution in [0.15, 0.2) is 158 Å². The molecule has 7 aliphatic rings. The number of rotatable bonds is 0. The molecule has 10 rings (SSSR count). The van der Waals surface area contributed by atoms with Crippen LogP contribution in [0, 0.1) is 0 Å². The highest BCUT2D eigenvalue weighted by atomic mass is 14.9. The summed E-state index contributed by atoms with van der Waals surface area (Å²) < 4.78 is 0. The minimum absolute atomic E-state index is 0.277. The quantitative estimate of drug-likeness (QED) is 0.300. The number of allylic oxidation sites excluding steroid dienone is 13. The van der Waals surface area contributed by atoms with E-state index in [4.69, 9.17) is 9.98 Å². The van der Waals surface area contributed by atoms with Gasteiger partial charge in [0.05, 0.1) is 28.2 Å². The Morgan fingerprint density at radius 1 is 0.667 bits per heavy atom. The third-order valence-corrected chi connectivity index (χ3v) is 9.48. The number of hydrogen-bond donors (Lipinski definition) is 0. The fourth-order valence-electron chi connectivity index (χ4n) is 7.94. The summed E-state index contributed by atoms with van der Waals surface area (Å²) in [6.45, 7) is 0. The molecule has 180 valence electrons. The van der Waals surface area contributed by atoms with Crippen LogP contribution in [0.25, 0.3) is 16.7 Å². The highest BCUT2D eigenvalue weighted by Gasteiger charge is 2.49. The SMILES string of the molecule is C1=CC2(C3=CC4=CCC5=C6C(=NC5=C4C3=C1)CC=C1C6=Nc3ccccc31)c1ccccc1-c1ccccc12. The van der Waals surface area contributed by atoms with Gasteiger partial charge in [-0.3, -0.25) is 4.99 Å². The van der Waals surface area contributed by atoms with Crippen molar-refractivity contribution in [3.63, 3.8) is 0 Å². The lowest BCUT2D eigenvalue weighted by molar-refractivity contribution is 0.790. The molecule has 0 bridgehead atoms. The molecule has 2 heteroatoms. The van der Waals surface area contributed by atoms with Crippen molar-refractivity contribution in [2.75, 3.05) is 0 Å². The molecule has 0 fully saturated rings. The average Bonchev–Trinajstić information content (AvgIpc) is 3.72. The largest absolute Gasteiger partial charge is 0.251 e.